The zero-order valence-electron chi connectivity index (χ0n) is 39.5. The molecule has 354 valence electrons. The fraction of sp³-hybridized carbons (Fsp3) is 0.800. The van der Waals surface area contributed by atoms with Crippen molar-refractivity contribution >= 4 is 19.8 Å². The molecule has 0 saturated carbocycles. The van der Waals surface area contributed by atoms with E-state index in [-0.39, 0.29) is 38.3 Å². The summed E-state index contributed by atoms with van der Waals surface area (Å²) in [5.41, 5.74) is 0. The van der Waals surface area contributed by atoms with E-state index in [9.17, 15) is 19.0 Å². The van der Waals surface area contributed by atoms with Crippen LogP contribution in [-0.4, -0.2) is 82.2 Å². The predicted molar refractivity (Wildman–Crippen MR) is 249 cm³/mol. The molecular formula is C50H90NO9P. The van der Waals surface area contributed by atoms with Crippen molar-refractivity contribution in [1.29, 1.82) is 0 Å². The second kappa shape index (κ2) is 38.4. The van der Waals surface area contributed by atoms with E-state index in [0.29, 0.717) is 17.4 Å². The van der Waals surface area contributed by atoms with E-state index in [1.54, 1.807) is 0 Å². The fourth-order valence-corrected chi connectivity index (χ4v) is 7.52. The Morgan fingerprint density at radius 2 is 1.10 bits per heavy atom. The highest BCUT2D eigenvalue weighted by Crippen LogP contribution is 2.38. The number of unbranched alkanes of at least 4 members (excludes halogenated alkanes) is 18. The molecule has 1 heterocycles. The molecule has 3 unspecified atom stereocenters. The van der Waals surface area contributed by atoms with Gasteiger partial charge in [-0.1, -0.05) is 152 Å². The molecule has 1 rings (SSSR count). The molecule has 0 radical (unpaired) electrons. The maximum absolute atomic E-state index is 12.8. The van der Waals surface area contributed by atoms with E-state index >= 15 is 0 Å². The molecule has 0 amide bonds. The number of ether oxygens (including phenoxy) is 3. The maximum atomic E-state index is 12.8. The minimum Gasteiger partial charge on any atom is -0.756 e. The number of phosphoric acid groups is 1. The lowest BCUT2D eigenvalue weighted by atomic mass is 10.1. The molecule has 4 atom stereocenters. The Hall–Kier alpha value is -2.07. The summed E-state index contributed by atoms with van der Waals surface area (Å²) in [4.78, 5) is 37.8. The molecule has 61 heavy (non-hydrogen) atoms. The Morgan fingerprint density at radius 1 is 0.607 bits per heavy atom. The van der Waals surface area contributed by atoms with Crippen LogP contribution >= 0.6 is 7.82 Å². The quantitative estimate of drug-likeness (QED) is 0.0147. The van der Waals surface area contributed by atoms with E-state index in [2.05, 4.69) is 62.5 Å². The number of allylic oxidation sites excluding steroid dienone is 7. The molecule has 0 aromatic carbocycles. The van der Waals surface area contributed by atoms with Gasteiger partial charge in [0.2, 0.25) is 0 Å². The molecule has 0 aromatic rings. The van der Waals surface area contributed by atoms with Crippen LogP contribution in [0.5, 0.6) is 0 Å². The number of quaternary nitrogens is 1. The lowest BCUT2D eigenvalue weighted by molar-refractivity contribution is -0.870. The number of epoxide rings is 1. The van der Waals surface area contributed by atoms with Crippen LogP contribution in [0, 0.1) is 0 Å². The van der Waals surface area contributed by atoms with Crippen molar-refractivity contribution in [2.45, 2.75) is 212 Å². The van der Waals surface area contributed by atoms with E-state index in [0.717, 1.165) is 57.8 Å². The zero-order chi connectivity index (χ0) is 44.7. The minimum absolute atomic E-state index is 0.0465. The van der Waals surface area contributed by atoms with Gasteiger partial charge in [0.05, 0.1) is 40.0 Å². The maximum Gasteiger partial charge on any atom is 0.306 e. The van der Waals surface area contributed by atoms with Gasteiger partial charge >= 0.3 is 11.9 Å². The van der Waals surface area contributed by atoms with Crippen LogP contribution in [0.3, 0.4) is 0 Å². The van der Waals surface area contributed by atoms with Crippen molar-refractivity contribution in [2.24, 2.45) is 0 Å². The molecule has 0 spiro atoms. The first-order chi connectivity index (χ1) is 29.5. The Bertz CT molecular complexity index is 1240. The van der Waals surface area contributed by atoms with Crippen molar-refractivity contribution in [3.05, 3.63) is 48.6 Å². The highest BCUT2D eigenvalue weighted by molar-refractivity contribution is 7.45. The molecule has 1 aliphatic heterocycles. The zero-order valence-corrected chi connectivity index (χ0v) is 40.4. The number of likely N-dealkylation sites (N-methyl/N-ethyl adjacent to an activating group) is 1. The van der Waals surface area contributed by atoms with Gasteiger partial charge in [-0.05, 0) is 77.0 Å². The predicted octanol–water partition coefficient (Wildman–Crippen LogP) is 12.6. The molecule has 10 nitrogen and oxygen atoms in total. The lowest BCUT2D eigenvalue weighted by Crippen LogP contribution is -2.37. The number of phosphoric ester groups is 1. The number of rotatable bonds is 43. The number of nitrogens with zero attached hydrogens (tertiary/aromatic N) is 1. The molecule has 1 fully saturated rings. The standard InChI is InChI=1S/C50H90NO9P/c1-6-8-10-12-14-16-18-20-21-22-23-24-25-26-28-30-32-34-36-40-49(52)56-44-46(45-58-61(54,55)57-43-42-51(3,4)5)59-50(53)41-37-39-48-47(60-48)38-35-33-31-29-27-19-17-15-13-11-9-7-2/h15,17,20-21,27,29,33,35,46-48H,6-14,16,18-19,22-26,28,30-32,34,36-45H2,1-5H3/b17-15-,21-20-,29-27-,35-33-/t46-,47?,48?/m1/s1. The van der Waals surface area contributed by atoms with Crippen molar-refractivity contribution in [1.82, 2.24) is 0 Å². The van der Waals surface area contributed by atoms with Gasteiger partial charge in [-0.25, -0.2) is 0 Å². The topological polar surface area (TPSA) is 124 Å². The summed E-state index contributed by atoms with van der Waals surface area (Å²) in [6, 6.07) is 0. The second-order valence-electron chi connectivity index (χ2n) is 17.9. The third kappa shape index (κ3) is 39.3. The van der Waals surface area contributed by atoms with E-state index in [1.807, 2.05) is 21.1 Å². The largest absolute Gasteiger partial charge is 0.756 e. The van der Waals surface area contributed by atoms with Crippen molar-refractivity contribution in [3.8, 4) is 0 Å². The fourth-order valence-electron chi connectivity index (χ4n) is 6.79. The second-order valence-corrected chi connectivity index (χ2v) is 19.3. The van der Waals surface area contributed by atoms with Crippen LogP contribution in [0.4, 0.5) is 0 Å². The molecule has 0 aromatic heterocycles. The Kier molecular flexibility index (Phi) is 35.8. The highest BCUT2D eigenvalue weighted by atomic mass is 31.2. The smallest absolute Gasteiger partial charge is 0.306 e. The number of carbonyl (C=O) groups excluding carboxylic acids is 2. The summed E-state index contributed by atoms with van der Waals surface area (Å²) in [6.45, 7) is 4.11. The molecule has 1 aliphatic rings. The highest BCUT2D eigenvalue weighted by Gasteiger charge is 2.36. The molecule has 11 heteroatoms. The number of hydrogen-bond acceptors (Lipinski definition) is 9. The first-order valence-corrected chi connectivity index (χ1v) is 25.9. The van der Waals surface area contributed by atoms with Gasteiger partial charge in [-0.15, -0.1) is 0 Å². The van der Waals surface area contributed by atoms with Gasteiger partial charge in [-0.3, -0.25) is 14.2 Å². The van der Waals surface area contributed by atoms with Crippen LogP contribution in [0.25, 0.3) is 0 Å². The minimum atomic E-state index is -4.65. The van der Waals surface area contributed by atoms with Crippen LogP contribution in [-0.2, 0) is 37.4 Å². The Balaban J connectivity index is 2.29. The number of esters is 2. The number of hydrogen-bond donors (Lipinski definition) is 0. The van der Waals surface area contributed by atoms with Crippen molar-refractivity contribution in [3.63, 3.8) is 0 Å². The first-order valence-electron chi connectivity index (χ1n) is 24.5. The summed E-state index contributed by atoms with van der Waals surface area (Å²) in [5, 5.41) is 0. The Labute approximate surface area is 373 Å². The van der Waals surface area contributed by atoms with Gasteiger partial charge in [0.1, 0.15) is 19.8 Å². The van der Waals surface area contributed by atoms with Crippen molar-refractivity contribution < 1.29 is 46.8 Å². The summed E-state index contributed by atoms with van der Waals surface area (Å²) < 4.78 is 39.8. The third-order valence-corrected chi connectivity index (χ3v) is 11.7. The van der Waals surface area contributed by atoms with Gasteiger partial charge in [0.15, 0.2) is 6.10 Å². The third-order valence-electron chi connectivity index (χ3n) is 10.7. The molecule has 0 bridgehead atoms. The summed E-state index contributed by atoms with van der Waals surface area (Å²) in [6.07, 6.45) is 47.3. The van der Waals surface area contributed by atoms with Crippen LogP contribution in [0.2, 0.25) is 0 Å². The molecular weight excluding hydrogens is 790 g/mol. The average Bonchev–Trinajstić information content (AvgIpc) is 3.97. The first kappa shape index (κ1) is 56.9. The molecule has 1 saturated heterocycles. The Morgan fingerprint density at radius 3 is 1.70 bits per heavy atom. The van der Waals surface area contributed by atoms with Crippen LogP contribution in [0.1, 0.15) is 194 Å². The van der Waals surface area contributed by atoms with Gasteiger partial charge in [0.25, 0.3) is 7.82 Å². The summed E-state index contributed by atoms with van der Waals surface area (Å²) in [5.74, 6) is -0.912. The summed E-state index contributed by atoms with van der Waals surface area (Å²) in [7, 11) is 1.11. The normalized spacial score (nSPS) is 17.2. The number of carbonyl (C=O) groups is 2. The molecule has 0 aliphatic carbocycles. The monoisotopic (exact) mass is 880 g/mol. The van der Waals surface area contributed by atoms with Gasteiger partial charge in [-0.2, -0.15) is 0 Å². The SMILES string of the molecule is CCCCC/C=C\C/C=C\C/C=C\CC1OC1CCCC(=O)O[C@H](COC(=O)CCCCCCCCCCC/C=C\CCCCCCCC)COP(=O)([O-])OCC[N+](C)(C)C. The van der Waals surface area contributed by atoms with Gasteiger partial charge in [0, 0.05) is 12.8 Å². The van der Waals surface area contributed by atoms with Crippen molar-refractivity contribution in [2.75, 3.05) is 47.5 Å². The summed E-state index contributed by atoms with van der Waals surface area (Å²) >= 11 is 0. The molecule has 0 N–H and O–H groups in total. The van der Waals surface area contributed by atoms with Crippen LogP contribution in [0.15, 0.2) is 48.6 Å². The van der Waals surface area contributed by atoms with Crippen LogP contribution < -0.4 is 4.89 Å². The van der Waals surface area contributed by atoms with E-state index in [4.69, 9.17) is 23.3 Å². The van der Waals surface area contributed by atoms with E-state index < -0.39 is 32.5 Å². The average molecular weight is 880 g/mol. The lowest BCUT2D eigenvalue weighted by Gasteiger charge is -2.28. The van der Waals surface area contributed by atoms with Gasteiger partial charge < -0.3 is 32.6 Å². The van der Waals surface area contributed by atoms with E-state index in [1.165, 1.54) is 103 Å².